The van der Waals surface area contributed by atoms with Gasteiger partial charge in [-0.3, -0.25) is 4.79 Å². The Morgan fingerprint density at radius 3 is 3.00 bits per heavy atom. The van der Waals surface area contributed by atoms with Crippen LogP contribution < -0.4 is 10.6 Å². The van der Waals surface area contributed by atoms with Crippen LogP contribution in [-0.2, 0) is 11.3 Å². The number of halogens is 1. The summed E-state index contributed by atoms with van der Waals surface area (Å²) in [5.74, 6) is 0.0688. The first-order valence-corrected chi connectivity index (χ1v) is 8.20. The van der Waals surface area contributed by atoms with Crippen molar-refractivity contribution in [3.05, 3.63) is 50.6 Å². The van der Waals surface area contributed by atoms with Crippen LogP contribution in [0.15, 0.2) is 40.2 Å². The number of para-hydroxylation sites is 1. The van der Waals surface area contributed by atoms with Crippen LogP contribution in [0.1, 0.15) is 22.8 Å². The van der Waals surface area contributed by atoms with E-state index in [1.807, 2.05) is 36.4 Å². The highest BCUT2D eigenvalue weighted by atomic mass is 79.9. The zero-order valence-corrected chi connectivity index (χ0v) is 13.3. The average Bonchev–Trinajstić information content (AvgIpc) is 2.90. The number of hydrogen-bond donors (Lipinski definition) is 2. The second-order valence-electron chi connectivity index (χ2n) is 4.78. The van der Waals surface area contributed by atoms with Gasteiger partial charge >= 0.3 is 0 Å². The third kappa shape index (κ3) is 2.88. The smallest absolute Gasteiger partial charge is 0.227 e. The van der Waals surface area contributed by atoms with Gasteiger partial charge in [-0.15, -0.1) is 11.3 Å². The zero-order chi connectivity index (χ0) is 13.9. The molecule has 2 aromatic rings. The van der Waals surface area contributed by atoms with Crippen molar-refractivity contribution in [3.63, 3.8) is 0 Å². The molecule has 20 heavy (non-hydrogen) atoms. The minimum absolute atomic E-state index is 0.0455. The Kier molecular flexibility index (Phi) is 4.08. The van der Waals surface area contributed by atoms with Crippen LogP contribution in [0.2, 0.25) is 0 Å². The van der Waals surface area contributed by atoms with E-state index in [9.17, 15) is 4.79 Å². The molecule has 0 radical (unpaired) electrons. The molecule has 1 atom stereocenters. The average molecular weight is 351 g/mol. The molecule has 3 nitrogen and oxygen atoms in total. The number of benzene rings is 1. The predicted octanol–water partition coefficient (Wildman–Crippen LogP) is 3.73. The second-order valence-corrected chi connectivity index (χ2v) is 7.33. The lowest BCUT2D eigenvalue weighted by Gasteiger charge is -2.25. The highest BCUT2D eigenvalue weighted by molar-refractivity contribution is 9.11. The van der Waals surface area contributed by atoms with Crippen LogP contribution >= 0.6 is 27.3 Å². The first-order valence-electron chi connectivity index (χ1n) is 6.59. The monoisotopic (exact) mass is 350 g/mol. The SMILES string of the molecule is O=C(NCc1ccc(Br)s1)C1CCNc2ccccc21. The number of carbonyl (C=O) groups is 1. The highest BCUT2D eigenvalue weighted by Gasteiger charge is 2.25. The summed E-state index contributed by atoms with van der Waals surface area (Å²) in [6.45, 7) is 1.45. The quantitative estimate of drug-likeness (QED) is 0.885. The molecule has 0 fully saturated rings. The molecular weight excluding hydrogens is 336 g/mol. The number of rotatable bonds is 3. The molecule has 0 saturated heterocycles. The Balaban J connectivity index is 1.69. The summed E-state index contributed by atoms with van der Waals surface area (Å²) < 4.78 is 1.09. The lowest BCUT2D eigenvalue weighted by Crippen LogP contribution is -2.32. The first kappa shape index (κ1) is 13.6. The fraction of sp³-hybridized carbons (Fsp3) is 0.267. The van der Waals surface area contributed by atoms with Crippen LogP contribution in [0, 0.1) is 0 Å². The van der Waals surface area contributed by atoms with Crippen molar-refractivity contribution in [3.8, 4) is 0 Å². The molecule has 1 amide bonds. The molecule has 1 aromatic carbocycles. The standard InChI is InChI=1S/C15H15BrN2OS/c16-14-6-5-10(20-14)9-18-15(19)12-7-8-17-13-4-2-1-3-11(12)13/h1-6,12,17H,7-9H2,(H,18,19). The summed E-state index contributed by atoms with van der Waals surface area (Å²) in [7, 11) is 0. The molecule has 1 aromatic heterocycles. The van der Waals surface area contributed by atoms with Gasteiger partial charge in [0.25, 0.3) is 0 Å². The minimum Gasteiger partial charge on any atom is -0.385 e. The molecule has 0 saturated carbocycles. The van der Waals surface area contributed by atoms with E-state index in [0.717, 1.165) is 32.9 Å². The van der Waals surface area contributed by atoms with Gasteiger partial charge < -0.3 is 10.6 Å². The van der Waals surface area contributed by atoms with Crippen molar-refractivity contribution in [2.45, 2.75) is 18.9 Å². The Bertz CT molecular complexity index is 626. The van der Waals surface area contributed by atoms with Crippen LogP contribution in [-0.4, -0.2) is 12.5 Å². The molecule has 1 unspecified atom stereocenters. The Hall–Kier alpha value is -1.33. The fourth-order valence-corrected chi connectivity index (χ4v) is 3.91. The lowest BCUT2D eigenvalue weighted by molar-refractivity contribution is -0.122. The van der Waals surface area contributed by atoms with Crippen molar-refractivity contribution in [1.29, 1.82) is 0 Å². The second kappa shape index (κ2) is 5.97. The highest BCUT2D eigenvalue weighted by Crippen LogP contribution is 2.31. The molecule has 5 heteroatoms. The maximum Gasteiger partial charge on any atom is 0.227 e. The Morgan fingerprint density at radius 2 is 2.20 bits per heavy atom. The summed E-state index contributed by atoms with van der Waals surface area (Å²) in [6.07, 6.45) is 0.844. The number of hydrogen-bond acceptors (Lipinski definition) is 3. The number of fused-ring (bicyclic) bond motifs is 1. The Labute approximate surface area is 130 Å². The van der Waals surface area contributed by atoms with Gasteiger partial charge in [0.05, 0.1) is 16.2 Å². The zero-order valence-electron chi connectivity index (χ0n) is 10.9. The van der Waals surface area contributed by atoms with Gasteiger partial charge in [-0.2, -0.15) is 0 Å². The van der Waals surface area contributed by atoms with Gasteiger partial charge in [0.15, 0.2) is 0 Å². The topological polar surface area (TPSA) is 41.1 Å². The van der Waals surface area contributed by atoms with Gasteiger partial charge in [0, 0.05) is 17.1 Å². The molecule has 2 heterocycles. The van der Waals surface area contributed by atoms with Gasteiger partial charge in [0.2, 0.25) is 5.91 Å². The minimum atomic E-state index is -0.0455. The van der Waals surface area contributed by atoms with E-state index < -0.39 is 0 Å². The molecule has 2 N–H and O–H groups in total. The summed E-state index contributed by atoms with van der Waals surface area (Å²) in [5, 5.41) is 6.39. The van der Waals surface area contributed by atoms with Crippen molar-refractivity contribution >= 4 is 38.9 Å². The summed E-state index contributed by atoms with van der Waals surface area (Å²) in [5.41, 5.74) is 2.18. The number of thiophene rings is 1. The third-order valence-electron chi connectivity index (χ3n) is 3.47. The van der Waals surface area contributed by atoms with Crippen LogP contribution in [0.5, 0.6) is 0 Å². The first-order chi connectivity index (χ1) is 9.74. The summed E-state index contributed by atoms with van der Waals surface area (Å²) in [6, 6.07) is 12.1. The van der Waals surface area contributed by atoms with Crippen molar-refractivity contribution in [2.24, 2.45) is 0 Å². The summed E-state index contributed by atoms with van der Waals surface area (Å²) in [4.78, 5) is 13.6. The van der Waals surface area contributed by atoms with Crippen molar-refractivity contribution < 1.29 is 4.79 Å². The largest absolute Gasteiger partial charge is 0.385 e. The third-order valence-corrected chi connectivity index (χ3v) is 5.09. The van der Waals surface area contributed by atoms with Gasteiger partial charge in [-0.1, -0.05) is 18.2 Å². The van der Waals surface area contributed by atoms with E-state index in [4.69, 9.17) is 0 Å². The maximum absolute atomic E-state index is 12.4. The van der Waals surface area contributed by atoms with E-state index in [2.05, 4.69) is 26.6 Å². The van der Waals surface area contributed by atoms with Gasteiger partial charge in [-0.25, -0.2) is 0 Å². The van der Waals surface area contributed by atoms with Gasteiger partial charge in [-0.05, 0) is 46.1 Å². The van der Waals surface area contributed by atoms with E-state index in [1.165, 1.54) is 0 Å². The molecule has 1 aliphatic rings. The Morgan fingerprint density at radius 1 is 1.35 bits per heavy atom. The predicted molar refractivity (Wildman–Crippen MR) is 86.2 cm³/mol. The number of nitrogens with one attached hydrogen (secondary N) is 2. The van der Waals surface area contributed by atoms with Crippen LogP contribution in [0.4, 0.5) is 5.69 Å². The molecule has 0 aliphatic carbocycles. The van der Waals surface area contributed by atoms with Crippen LogP contribution in [0.3, 0.4) is 0 Å². The van der Waals surface area contributed by atoms with E-state index in [1.54, 1.807) is 11.3 Å². The number of carbonyl (C=O) groups excluding carboxylic acids is 1. The molecular formula is C15H15BrN2OS. The maximum atomic E-state index is 12.4. The molecule has 104 valence electrons. The normalized spacial score (nSPS) is 17.1. The van der Waals surface area contributed by atoms with Gasteiger partial charge in [0.1, 0.15) is 0 Å². The number of amides is 1. The van der Waals surface area contributed by atoms with Crippen molar-refractivity contribution in [1.82, 2.24) is 5.32 Å². The lowest BCUT2D eigenvalue weighted by atomic mass is 9.90. The molecule has 0 spiro atoms. The van der Waals surface area contributed by atoms with Crippen molar-refractivity contribution in [2.75, 3.05) is 11.9 Å². The van der Waals surface area contributed by atoms with E-state index in [0.29, 0.717) is 6.54 Å². The summed E-state index contributed by atoms with van der Waals surface area (Å²) >= 11 is 5.09. The van der Waals surface area contributed by atoms with E-state index >= 15 is 0 Å². The number of anilines is 1. The van der Waals surface area contributed by atoms with Crippen LogP contribution in [0.25, 0.3) is 0 Å². The molecule has 1 aliphatic heterocycles. The van der Waals surface area contributed by atoms with E-state index in [-0.39, 0.29) is 11.8 Å². The molecule has 0 bridgehead atoms. The molecule has 3 rings (SSSR count). The fourth-order valence-electron chi connectivity index (χ4n) is 2.49.